The fourth-order valence-electron chi connectivity index (χ4n) is 3.63. The molecule has 0 unspecified atom stereocenters. The minimum Gasteiger partial charge on any atom is -0.357 e. The third-order valence-corrected chi connectivity index (χ3v) is 7.67. The lowest BCUT2D eigenvalue weighted by Gasteiger charge is -2.32. The number of anilines is 1. The molecule has 190 valence electrons. The molecule has 0 aliphatic rings. The molecule has 0 saturated carbocycles. The number of likely N-dealkylation sites (N-methyl/N-ethyl adjacent to an activating group) is 1. The Bertz CT molecular complexity index is 1350. The van der Waals surface area contributed by atoms with Gasteiger partial charge >= 0.3 is 0 Å². The van der Waals surface area contributed by atoms with Gasteiger partial charge in [-0.1, -0.05) is 53.6 Å². The van der Waals surface area contributed by atoms with Crippen LogP contribution < -0.4 is 9.62 Å². The van der Waals surface area contributed by atoms with Crippen molar-refractivity contribution in [1.29, 1.82) is 0 Å². The number of rotatable bonds is 9. The molecule has 0 spiro atoms. The maximum Gasteiger partial charge on any atom is 0.264 e. The van der Waals surface area contributed by atoms with Crippen LogP contribution in [0.1, 0.15) is 18.1 Å². The molecule has 0 fully saturated rings. The average molecular weight is 532 g/mol. The molecule has 0 aliphatic carbocycles. The minimum atomic E-state index is -4.33. The van der Waals surface area contributed by atoms with Gasteiger partial charge in [0.05, 0.1) is 10.6 Å². The molecule has 3 rings (SSSR count). The number of carbonyl (C=O) groups excluding carboxylic acids is 2. The number of nitrogens with zero attached hydrogens (tertiary/aromatic N) is 2. The lowest BCUT2D eigenvalue weighted by atomic mass is 10.1. The van der Waals surface area contributed by atoms with Gasteiger partial charge in [-0.25, -0.2) is 12.8 Å². The van der Waals surface area contributed by atoms with E-state index in [2.05, 4.69) is 5.32 Å². The molecule has 2 amide bonds. The lowest BCUT2D eigenvalue weighted by Crippen LogP contribution is -2.50. The Morgan fingerprint density at radius 2 is 1.69 bits per heavy atom. The predicted molar refractivity (Wildman–Crippen MR) is 138 cm³/mol. The summed E-state index contributed by atoms with van der Waals surface area (Å²) in [6, 6.07) is 17.2. The molecule has 36 heavy (non-hydrogen) atoms. The van der Waals surface area contributed by atoms with Gasteiger partial charge in [-0.05, 0) is 55.8 Å². The van der Waals surface area contributed by atoms with Crippen molar-refractivity contribution in [2.75, 3.05) is 17.9 Å². The van der Waals surface area contributed by atoms with Gasteiger partial charge in [0.2, 0.25) is 11.8 Å². The van der Waals surface area contributed by atoms with E-state index in [0.29, 0.717) is 10.6 Å². The second-order valence-corrected chi connectivity index (χ2v) is 10.5. The van der Waals surface area contributed by atoms with Gasteiger partial charge in [0.1, 0.15) is 18.4 Å². The molecule has 3 aromatic rings. The van der Waals surface area contributed by atoms with E-state index in [4.69, 9.17) is 11.6 Å². The normalized spacial score (nSPS) is 12.0. The number of benzene rings is 3. The highest BCUT2D eigenvalue weighted by molar-refractivity contribution is 7.92. The molecule has 0 aliphatic heterocycles. The summed E-state index contributed by atoms with van der Waals surface area (Å²) in [4.78, 5) is 27.2. The molecule has 3 aromatic carbocycles. The fourth-order valence-corrected chi connectivity index (χ4v) is 5.26. The minimum absolute atomic E-state index is 0.0102. The van der Waals surface area contributed by atoms with Crippen molar-refractivity contribution >= 4 is 39.1 Å². The topological polar surface area (TPSA) is 86.8 Å². The Balaban J connectivity index is 2.05. The fraction of sp³-hybridized carbons (Fsp3) is 0.231. The van der Waals surface area contributed by atoms with Crippen LogP contribution in [0, 0.1) is 12.7 Å². The predicted octanol–water partition coefficient (Wildman–Crippen LogP) is 4.15. The maximum absolute atomic E-state index is 14.8. The zero-order valence-electron chi connectivity index (χ0n) is 20.1. The molecule has 7 nitrogen and oxygen atoms in total. The highest BCUT2D eigenvalue weighted by Crippen LogP contribution is 2.27. The Morgan fingerprint density at radius 3 is 2.31 bits per heavy atom. The molecule has 0 saturated heterocycles. The molecule has 1 atom stereocenters. The van der Waals surface area contributed by atoms with Crippen LogP contribution in [-0.4, -0.2) is 44.8 Å². The number of nitrogens with one attached hydrogen (secondary N) is 1. The van der Waals surface area contributed by atoms with Crippen LogP contribution in [0.4, 0.5) is 10.1 Å². The van der Waals surface area contributed by atoms with Crippen molar-refractivity contribution in [2.24, 2.45) is 0 Å². The number of sulfonamides is 1. The van der Waals surface area contributed by atoms with Gasteiger partial charge in [-0.2, -0.15) is 0 Å². The highest BCUT2D eigenvalue weighted by Gasteiger charge is 2.33. The quantitative estimate of drug-likeness (QED) is 0.449. The number of carbonyl (C=O) groups is 2. The summed E-state index contributed by atoms with van der Waals surface area (Å²) < 4.78 is 42.8. The number of halogens is 2. The average Bonchev–Trinajstić information content (AvgIpc) is 2.85. The van der Waals surface area contributed by atoms with E-state index in [9.17, 15) is 22.4 Å². The number of amides is 2. The molecular formula is C26H27ClFN3O4S. The Hall–Kier alpha value is -3.43. The summed E-state index contributed by atoms with van der Waals surface area (Å²) in [6.07, 6.45) is 0. The van der Waals surface area contributed by atoms with E-state index in [1.54, 1.807) is 36.4 Å². The van der Waals surface area contributed by atoms with Crippen LogP contribution in [0.25, 0.3) is 0 Å². The number of hydrogen-bond acceptors (Lipinski definition) is 4. The summed E-state index contributed by atoms with van der Waals surface area (Å²) in [5.41, 5.74) is 1.21. The van der Waals surface area contributed by atoms with Crippen LogP contribution in [0.5, 0.6) is 0 Å². The third kappa shape index (κ3) is 6.22. The molecule has 0 aromatic heterocycles. The lowest BCUT2D eigenvalue weighted by molar-refractivity contribution is -0.139. The first kappa shape index (κ1) is 27.2. The second-order valence-electron chi connectivity index (χ2n) is 8.22. The second kappa shape index (κ2) is 11.5. The zero-order valence-corrected chi connectivity index (χ0v) is 21.7. The van der Waals surface area contributed by atoms with E-state index in [1.807, 2.05) is 6.92 Å². The van der Waals surface area contributed by atoms with E-state index in [0.717, 1.165) is 15.9 Å². The smallest absolute Gasteiger partial charge is 0.264 e. The van der Waals surface area contributed by atoms with Gasteiger partial charge in [-0.15, -0.1) is 0 Å². The van der Waals surface area contributed by atoms with Crippen molar-refractivity contribution in [1.82, 2.24) is 10.2 Å². The van der Waals surface area contributed by atoms with Gasteiger partial charge in [-0.3, -0.25) is 13.9 Å². The standard InChI is InChI=1S/C26H27ClFN3O4S/c1-18-11-13-22(14-12-18)36(34,35)31(24-10-5-4-9-23(24)28)17-25(32)30(19(2)26(33)29-3)16-20-7-6-8-21(27)15-20/h4-15,19H,16-17H2,1-3H3,(H,29,33)/t19-/m1/s1. The Morgan fingerprint density at radius 1 is 1.03 bits per heavy atom. The van der Waals surface area contributed by atoms with Crippen LogP contribution in [0.3, 0.4) is 0 Å². The van der Waals surface area contributed by atoms with E-state index in [1.165, 1.54) is 49.2 Å². The van der Waals surface area contributed by atoms with Gasteiger partial charge in [0, 0.05) is 18.6 Å². The summed E-state index contributed by atoms with van der Waals surface area (Å²) in [5.74, 6) is -1.93. The Kier molecular flexibility index (Phi) is 8.70. The SMILES string of the molecule is CNC(=O)[C@@H](C)N(Cc1cccc(Cl)c1)C(=O)CN(c1ccccc1F)S(=O)(=O)c1ccc(C)cc1. The molecule has 0 bridgehead atoms. The highest BCUT2D eigenvalue weighted by atomic mass is 35.5. The van der Waals surface area contributed by atoms with Crippen molar-refractivity contribution < 1.29 is 22.4 Å². The first-order chi connectivity index (χ1) is 17.0. The monoisotopic (exact) mass is 531 g/mol. The third-order valence-electron chi connectivity index (χ3n) is 5.66. The molecular weight excluding hydrogens is 505 g/mol. The summed E-state index contributed by atoms with van der Waals surface area (Å²) >= 11 is 6.09. The molecule has 10 heteroatoms. The maximum atomic E-state index is 14.8. The van der Waals surface area contributed by atoms with Crippen molar-refractivity contribution in [2.45, 2.75) is 31.3 Å². The van der Waals surface area contributed by atoms with Gasteiger partial charge in [0.25, 0.3) is 10.0 Å². The van der Waals surface area contributed by atoms with Crippen LogP contribution in [0.2, 0.25) is 5.02 Å². The van der Waals surface area contributed by atoms with Crippen LogP contribution >= 0.6 is 11.6 Å². The zero-order chi connectivity index (χ0) is 26.5. The van der Waals surface area contributed by atoms with E-state index >= 15 is 0 Å². The van der Waals surface area contributed by atoms with E-state index < -0.39 is 40.2 Å². The number of para-hydroxylation sites is 1. The largest absolute Gasteiger partial charge is 0.357 e. The summed E-state index contributed by atoms with van der Waals surface area (Å²) in [7, 11) is -2.89. The van der Waals surface area contributed by atoms with Crippen LogP contribution in [0.15, 0.2) is 77.7 Å². The first-order valence-electron chi connectivity index (χ1n) is 11.1. The van der Waals surface area contributed by atoms with Crippen molar-refractivity contribution in [3.63, 3.8) is 0 Å². The first-order valence-corrected chi connectivity index (χ1v) is 13.0. The summed E-state index contributed by atoms with van der Waals surface area (Å²) in [5, 5.41) is 2.95. The van der Waals surface area contributed by atoms with Crippen molar-refractivity contribution in [3.05, 3.63) is 94.8 Å². The number of aryl methyl sites for hydroxylation is 1. The van der Waals surface area contributed by atoms with Crippen molar-refractivity contribution in [3.8, 4) is 0 Å². The van der Waals surface area contributed by atoms with Crippen LogP contribution in [-0.2, 0) is 26.2 Å². The molecule has 0 heterocycles. The number of hydrogen-bond donors (Lipinski definition) is 1. The Labute approximate surface area is 215 Å². The van der Waals surface area contributed by atoms with Gasteiger partial charge in [0.15, 0.2) is 0 Å². The molecule has 1 N–H and O–H groups in total. The van der Waals surface area contributed by atoms with E-state index in [-0.39, 0.29) is 17.1 Å². The van der Waals surface area contributed by atoms with Gasteiger partial charge < -0.3 is 10.2 Å². The summed E-state index contributed by atoms with van der Waals surface area (Å²) in [6.45, 7) is 2.61. The molecule has 0 radical (unpaired) electrons.